The predicted octanol–water partition coefficient (Wildman–Crippen LogP) is 4.10. The molecular formula is C21H25NO2. The molecule has 1 aliphatic heterocycles. The zero-order valence-electron chi connectivity index (χ0n) is 14.4. The SMILES string of the molecule is CC[C@H]1CN(C)CC[C@@]1(OC(=O)c1ccccc1)c1ccccc1. The van der Waals surface area contributed by atoms with Crippen LogP contribution in [0.4, 0.5) is 0 Å². The lowest BCUT2D eigenvalue weighted by molar-refractivity contribution is -0.0915. The number of hydrogen-bond acceptors (Lipinski definition) is 3. The van der Waals surface area contributed by atoms with Gasteiger partial charge in [0.15, 0.2) is 0 Å². The topological polar surface area (TPSA) is 29.5 Å². The van der Waals surface area contributed by atoms with Gasteiger partial charge in [0.05, 0.1) is 5.56 Å². The van der Waals surface area contributed by atoms with Crippen molar-refractivity contribution >= 4 is 5.97 Å². The maximum absolute atomic E-state index is 12.8. The minimum absolute atomic E-state index is 0.234. The minimum atomic E-state index is -0.546. The number of piperidine rings is 1. The number of likely N-dealkylation sites (tertiary alicyclic amines) is 1. The number of benzene rings is 2. The van der Waals surface area contributed by atoms with E-state index in [9.17, 15) is 4.79 Å². The van der Waals surface area contributed by atoms with Crippen LogP contribution in [-0.4, -0.2) is 31.0 Å². The van der Waals surface area contributed by atoms with Crippen molar-refractivity contribution in [1.82, 2.24) is 4.90 Å². The second kappa shape index (κ2) is 7.18. The van der Waals surface area contributed by atoms with E-state index in [0.717, 1.165) is 31.5 Å². The van der Waals surface area contributed by atoms with Crippen LogP contribution in [0.5, 0.6) is 0 Å². The summed E-state index contributed by atoms with van der Waals surface area (Å²) in [4.78, 5) is 15.1. The number of carbonyl (C=O) groups excluding carboxylic acids is 1. The molecule has 0 bridgehead atoms. The summed E-state index contributed by atoms with van der Waals surface area (Å²) in [5.74, 6) is 0.0498. The van der Waals surface area contributed by atoms with Crippen LogP contribution in [0.25, 0.3) is 0 Å². The molecule has 0 aromatic heterocycles. The van der Waals surface area contributed by atoms with Gasteiger partial charge in [-0.15, -0.1) is 0 Å². The van der Waals surface area contributed by atoms with Crippen LogP contribution in [0.2, 0.25) is 0 Å². The number of esters is 1. The molecule has 0 aliphatic carbocycles. The van der Waals surface area contributed by atoms with Crippen molar-refractivity contribution in [2.75, 3.05) is 20.1 Å². The lowest BCUT2D eigenvalue weighted by Gasteiger charge is -2.46. The Bertz CT molecular complexity index is 671. The fourth-order valence-electron chi connectivity index (χ4n) is 3.73. The van der Waals surface area contributed by atoms with Crippen LogP contribution in [0.3, 0.4) is 0 Å². The van der Waals surface area contributed by atoms with E-state index < -0.39 is 5.60 Å². The third-order valence-electron chi connectivity index (χ3n) is 5.10. The molecule has 0 saturated carbocycles. The first-order chi connectivity index (χ1) is 11.7. The van der Waals surface area contributed by atoms with Crippen molar-refractivity contribution in [1.29, 1.82) is 0 Å². The highest BCUT2D eigenvalue weighted by Gasteiger charge is 2.46. The molecule has 1 heterocycles. The Labute approximate surface area is 144 Å². The highest BCUT2D eigenvalue weighted by molar-refractivity contribution is 5.89. The number of carbonyl (C=O) groups is 1. The maximum atomic E-state index is 12.8. The fraction of sp³-hybridized carbons (Fsp3) is 0.381. The molecule has 1 fully saturated rings. The lowest BCUT2D eigenvalue weighted by Crippen LogP contribution is -2.51. The summed E-state index contributed by atoms with van der Waals surface area (Å²) in [6, 6.07) is 19.5. The smallest absolute Gasteiger partial charge is 0.339 e. The van der Waals surface area contributed by atoms with Gasteiger partial charge in [-0.3, -0.25) is 0 Å². The molecule has 1 saturated heterocycles. The van der Waals surface area contributed by atoms with Gasteiger partial charge in [0.2, 0.25) is 0 Å². The molecule has 0 unspecified atom stereocenters. The molecule has 2 aromatic carbocycles. The third kappa shape index (κ3) is 3.22. The average Bonchev–Trinajstić information content (AvgIpc) is 2.64. The van der Waals surface area contributed by atoms with Crippen LogP contribution >= 0.6 is 0 Å². The molecule has 0 radical (unpaired) electrons. The molecule has 0 amide bonds. The van der Waals surface area contributed by atoms with Crippen molar-refractivity contribution in [2.45, 2.75) is 25.4 Å². The highest BCUT2D eigenvalue weighted by atomic mass is 16.6. The predicted molar refractivity (Wildman–Crippen MR) is 95.9 cm³/mol. The van der Waals surface area contributed by atoms with E-state index in [4.69, 9.17) is 4.74 Å². The fourth-order valence-corrected chi connectivity index (χ4v) is 3.73. The Morgan fingerprint density at radius 2 is 1.75 bits per heavy atom. The molecule has 2 atom stereocenters. The maximum Gasteiger partial charge on any atom is 0.339 e. The van der Waals surface area contributed by atoms with Crippen molar-refractivity contribution < 1.29 is 9.53 Å². The van der Waals surface area contributed by atoms with Gasteiger partial charge in [0, 0.05) is 25.4 Å². The number of ether oxygens (including phenoxy) is 1. The van der Waals surface area contributed by atoms with Gasteiger partial charge in [0.25, 0.3) is 0 Å². The average molecular weight is 323 g/mol. The van der Waals surface area contributed by atoms with E-state index in [-0.39, 0.29) is 11.9 Å². The summed E-state index contributed by atoms with van der Waals surface area (Å²) in [5.41, 5.74) is 1.17. The van der Waals surface area contributed by atoms with Gasteiger partial charge in [0.1, 0.15) is 5.60 Å². The van der Waals surface area contributed by atoms with Gasteiger partial charge >= 0.3 is 5.97 Å². The summed E-state index contributed by atoms with van der Waals surface area (Å²) >= 11 is 0. The number of rotatable bonds is 4. The van der Waals surface area contributed by atoms with Crippen molar-refractivity contribution in [3.05, 3.63) is 71.8 Å². The largest absolute Gasteiger partial charge is 0.450 e. The summed E-state index contributed by atoms with van der Waals surface area (Å²) in [6.07, 6.45) is 1.80. The van der Waals surface area contributed by atoms with Gasteiger partial charge in [-0.1, -0.05) is 55.5 Å². The molecule has 24 heavy (non-hydrogen) atoms. The van der Waals surface area contributed by atoms with E-state index in [2.05, 4.69) is 31.0 Å². The molecule has 1 aliphatic rings. The second-order valence-corrected chi connectivity index (χ2v) is 6.63. The van der Waals surface area contributed by atoms with Crippen LogP contribution in [0, 0.1) is 5.92 Å². The molecular weight excluding hydrogens is 298 g/mol. The minimum Gasteiger partial charge on any atom is -0.450 e. The Balaban J connectivity index is 1.98. The van der Waals surface area contributed by atoms with Crippen LogP contribution in [-0.2, 0) is 10.3 Å². The zero-order valence-corrected chi connectivity index (χ0v) is 14.4. The summed E-state index contributed by atoms with van der Waals surface area (Å²) in [5, 5.41) is 0. The molecule has 0 spiro atoms. The number of hydrogen-bond donors (Lipinski definition) is 0. The van der Waals surface area contributed by atoms with Crippen molar-refractivity contribution in [3.63, 3.8) is 0 Å². The molecule has 0 N–H and O–H groups in total. The van der Waals surface area contributed by atoms with E-state index in [0.29, 0.717) is 5.56 Å². The summed E-state index contributed by atoms with van der Waals surface area (Å²) in [7, 11) is 2.14. The van der Waals surface area contributed by atoms with Crippen molar-refractivity contribution in [3.8, 4) is 0 Å². The molecule has 3 heteroatoms. The molecule has 2 aromatic rings. The Hall–Kier alpha value is -2.13. The molecule has 3 rings (SSSR count). The van der Waals surface area contributed by atoms with Crippen LogP contribution < -0.4 is 0 Å². The van der Waals surface area contributed by atoms with Gasteiger partial charge in [-0.2, -0.15) is 0 Å². The third-order valence-corrected chi connectivity index (χ3v) is 5.10. The Kier molecular flexibility index (Phi) is 5.00. The Morgan fingerprint density at radius 3 is 2.38 bits per heavy atom. The lowest BCUT2D eigenvalue weighted by atomic mass is 9.74. The van der Waals surface area contributed by atoms with Gasteiger partial charge < -0.3 is 9.64 Å². The zero-order chi connectivity index (χ0) is 17.0. The second-order valence-electron chi connectivity index (χ2n) is 6.63. The van der Waals surface area contributed by atoms with Gasteiger partial charge in [-0.25, -0.2) is 4.79 Å². The van der Waals surface area contributed by atoms with Gasteiger partial charge in [-0.05, 0) is 31.2 Å². The van der Waals surface area contributed by atoms with E-state index in [1.807, 2.05) is 48.5 Å². The standard InChI is InChI=1S/C21H25NO2/c1-3-18-16-22(2)15-14-21(18,19-12-8-5-9-13-19)24-20(23)17-10-6-4-7-11-17/h4-13,18H,3,14-16H2,1-2H3/t18-,21-/m0/s1. The first-order valence-corrected chi connectivity index (χ1v) is 8.68. The van der Waals surface area contributed by atoms with Crippen LogP contribution in [0.15, 0.2) is 60.7 Å². The number of nitrogens with zero attached hydrogens (tertiary/aromatic N) is 1. The van der Waals surface area contributed by atoms with E-state index in [1.165, 1.54) is 0 Å². The monoisotopic (exact) mass is 323 g/mol. The van der Waals surface area contributed by atoms with Crippen molar-refractivity contribution in [2.24, 2.45) is 5.92 Å². The Morgan fingerprint density at radius 1 is 1.12 bits per heavy atom. The van der Waals surface area contributed by atoms with E-state index in [1.54, 1.807) is 0 Å². The summed E-state index contributed by atoms with van der Waals surface area (Å²) < 4.78 is 6.24. The quantitative estimate of drug-likeness (QED) is 0.793. The van der Waals surface area contributed by atoms with Crippen LogP contribution in [0.1, 0.15) is 35.7 Å². The molecule has 3 nitrogen and oxygen atoms in total. The first kappa shape index (κ1) is 16.7. The molecule has 126 valence electrons. The summed E-state index contributed by atoms with van der Waals surface area (Å²) in [6.45, 7) is 4.04. The first-order valence-electron chi connectivity index (χ1n) is 8.68. The highest BCUT2D eigenvalue weighted by Crippen LogP contribution is 2.42. The normalized spacial score (nSPS) is 24.5. The van der Waals surface area contributed by atoms with E-state index >= 15 is 0 Å².